The van der Waals surface area contributed by atoms with Gasteiger partial charge >= 0.3 is 39.5 Å². The largest absolute Gasteiger partial charge is 0.472 e. The van der Waals surface area contributed by atoms with Crippen LogP contribution in [0.15, 0.2) is 0 Å². The first-order valence-corrected chi connectivity index (χ1v) is 50.1. The molecule has 110 heavy (non-hydrogen) atoms. The fourth-order valence-corrected chi connectivity index (χ4v) is 15.8. The van der Waals surface area contributed by atoms with Crippen LogP contribution in [0, 0.1) is 11.8 Å². The van der Waals surface area contributed by atoms with Crippen LogP contribution in [0.25, 0.3) is 0 Å². The van der Waals surface area contributed by atoms with E-state index in [0.29, 0.717) is 25.7 Å². The quantitative estimate of drug-likeness (QED) is 0.0222. The summed E-state index contributed by atoms with van der Waals surface area (Å²) in [5.74, 6) is -0.372. The molecule has 19 heteroatoms. The predicted molar refractivity (Wildman–Crippen MR) is 455 cm³/mol. The highest BCUT2D eigenvalue weighted by atomic mass is 31.2. The van der Waals surface area contributed by atoms with Crippen molar-refractivity contribution in [2.75, 3.05) is 39.6 Å². The number of hydrogen-bond donors (Lipinski definition) is 3. The normalized spacial score (nSPS) is 14.2. The topological polar surface area (TPSA) is 237 Å². The molecule has 0 saturated heterocycles. The van der Waals surface area contributed by atoms with Gasteiger partial charge in [-0.3, -0.25) is 37.3 Å². The fourth-order valence-electron chi connectivity index (χ4n) is 14.2. The highest BCUT2D eigenvalue weighted by Gasteiger charge is 2.31. The van der Waals surface area contributed by atoms with Gasteiger partial charge in [0.1, 0.15) is 19.3 Å². The van der Waals surface area contributed by atoms with Gasteiger partial charge in [-0.2, -0.15) is 0 Å². The van der Waals surface area contributed by atoms with E-state index in [1.807, 2.05) is 0 Å². The number of carbonyl (C=O) groups is 4. The molecule has 0 aromatic heterocycles. The van der Waals surface area contributed by atoms with Crippen molar-refractivity contribution in [1.82, 2.24) is 0 Å². The van der Waals surface area contributed by atoms with Gasteiger partial charge in [-0.25, -0.2) is 9.13 Å². The van der Waals surface area contributed by atoms with E-state index >= 15 is 0 Å². The predicted octanol–water partition coefficient (Wildman–Crippen LogP) is 28.2. The zero-order valence-corrected chi connectivity index (χ0v) is 74.4. The van der Waals surface area contributed by atoms with Crippen LogP contribution in [0.4, 0.5) is 0 Å². The first-order chi connectivity index (χ1) is 53.4. The van der Waals surface area contributed by atoms with E-state index in [1.54, 1.807) is 0 Å². The van der Waals surface area contributed by atoms with Gasteiger partial charge in [0, 0.05) is 25.7 Å². The lowest BCUT2D eigenvalue weighted by Crippen LogP contribution is -2.30. The molecule has 0 aliphatic heterocycles. The Kier molecular flexibility index (Phi) is 80.7. The molecule has 3 N–H and O–H groups in total. The van der Waals surface area contributed by atoms with Gasteiger partial charge in [-0.1, -0.05) is 440 Å². The van der Waals surface area contributed by atoms with Crippen molar-refractivity contribution in [2.45, 2.75) is 509 Å². The van der Waals surface area contributed by atoms with Crippen LogP contribution in [0.3, 0.4) is 0 Å². The van der Waals surface area contributed by atoms with E-state index in [1.165, 1.54) is 308 Å². The summed E-state index contributed by atoms with van der Waals surface area (Å²) in [5.41, 5.74) is 0. The lowest BCUT2D eigenvalue weighted by molar-refractivity contribution is -0.161. The molecule has 654 valence electrons. The lowest BCUT2D eigenvalue weighted by Gasteiger charge is -2.21. The Bertz CT molecular complexity index is 2100. The van der Waals surface area contributed by atoms with Gasteiger partial charge in [0.25, 0.3) is 0 Å². The minimum atomic E-state index is -4.97. The fraction of sp³-hybridized carbons (Fsp3) is 0.956. The number of rotatable bonds is 90. The van der Waals surface area contributed by atoms with Crippen molar-refractivity contribution in [3.63, 3.8) is 0 Å². The van der Waals surface area contributed by atoms with Gasteiger partial charge < -0.3 is 33.8 Å². The van der Waals surface area contributed by atoms with Gasteiger partial charge in [-0.05, 0) is 37.5 Å². The number of ether oxygens (including phenoxy) is 4. The molecule has 0 fully saturated rings. The summed E-state index contributed by atoms with van der Waals surface area (Å²) in [6.07, 6.45) is 76.2. The molecule has 0 spiro atoms. The minimum Gasteiger partial charge on any atom is -0.462 e. The molecule has 0 rings (SSSR count). The van der Waals surface area contributed by atoms with Crippen LogP contribution in [0.5, 0.6) is 0 Å². The van der Waals surface area contributed by atoms with E-state index in [9.17, 15) is 43.2 Å². The molecular weight excluding hydrogens is 1430 g/mol. The third-order valence-electron chi connectivity index (χ3n) is 22.2. The smallest absolute Gasteiger partial charge is 0.462 e. The second kappa shape index (κ2) is 82.2. The Balaban J connectivity index is 5.26. The average molecular weight is 1610 g/mol. The Morgan fingerprint density at radius 3 is 0.645 bits per heavy atom. The van der Waals surface area contributed by atoms with Crippen molar-refractivity contribution < 1.29 is 80.2 Å². The minimum absolute atomic E-state index is 0.109. The molecule has 17 nitrogen and oxygen atoms in total. The third kappa shape index (κ3) is 81.2. The van der Waals surface area contributed by atoms with Gasteiger partial charge in [0.2, 0.25) is 0 Å². The first-order valence-electron chi connectivity index (χ1n) is 47.1. The molecule has 0 aromatic rings. The Morgan fingerprint density at radius 1 is 0.255 bits per heavy atom. The molecule has 0 radical (unpaired) electrons. The zero-order chi connectivity index (χ0) is 80.6. The Hall–Kier alpha value is -1.94. The number of esters is 4. The molecule has 0 aliphatic carbocycles. The Labute approximate surface area is 677 Å². The number of phosphoric acid groups is 2. The van der Waals surface area contributed by atoms with E-state index in [2.05, 4.69) is 41.5 Å². The highest BCUT2D eigenvalue weighted by molar-refractivity contribution is 7.47. The SMILES string of the molecule is CCCCCCCCCCCCCCCCCCCC(=O)O[C@H](COC(=O)CCCCCCCCCCCCCCC)COP(=O)(O)OC[C@H](O)COP(=O)(O)OC[C@@H](COC(=O)CCCCCCCCCCCCCCCCC(C)CC)OC(=O)CCCCCCCCCCCCCCCCCCCCC(C)CC. The Morgan fingerprint density at radius 2 is 0.436 bits per heavy atom. The summed E-state index contributed by atoms with van der Waals surface area (Å²) in [6, 6.07) is 0. The van der Waals surface area contributed by atoms with E-state index in [-0.39, 0.29) is 25.7 Å². The highest BCUT2D eigenvalue weighted by Crippen LogP contribution is 2.45. The van der Waals surface area contributed by atoms with Crippen LogP contribution in [0.2, 0.25) is 0 Å². The summed E-state index contributed by atoms with van der Waals surface area (Å²) in [6.45, 7) is 9.84. The molecule has 0 aromatic carbocycles. The number of unbranched alkanes of at least 4 members (excludes halogenated alkanes) is 58. The van der Waals surface area contributed by atoms with Gasteiger partial charge in [-0.15, -0.1) is 0 Å². The van der Waals surface area contributed by atoms with Gasteiger partial charge in [0.05, 0.1) is 26.4 Å². The lowest BCUT2D eigenvalue weighted by atomic mass is 9.99. The van der Waals surface area contributed by atoms with Crippen LogP contribution in [0.1, 0.15) is 491 Å². The second-order valence-electron chi connectivity index (χ2n) is 33.2. The number of hydrogen-bond acceptors (Lipinski definition) is 15. The average Bonchev–Trinajstić information content (AvgIpc) is 0.898. The molecule has 0 aliphatic rings. The van der Waals surface area contributed by atoms with Crippen molar-refractivity contribution in [2.24, 2.45) is 11.8 Å². The first kappa shape index (κ1) is 108. The maximum atomic E-state index is 13.2. The number of phosphoric ester groups is 2. The van der Waals surface area contributed by atoms with Crippen LogP contribution < -0.4 is 0 Å². The van der Waals surface area contributed by atoms with Crippen molar-refractivity contribution in [3.05, 3.63) is 0 Å². The maximum Gasteiger partial charge on any atom is 0.472 e. The van der Waals surface area contributed by atoms with Crippen molar-refractivity contribution in [1.29, 1.82) is 0 Å². The van der Waals surface area contributed by atoms with Crippen LogP contribution in [-0.4, -0.2) is 96.7 Å². The molecule has 0 heterocycles. The molecular formula is C91H178O17P2. The summed E-state index contributed by atoms with van der Waals surface area (Å²) >= 11 is 0. The molecule has 0 bridgehead atoms. The number of aliphatic hydroxyl groups excluding tert-OH is 1. The van der Waals surface area contributed by atoms with Crippen LogP contribution in [-0.2, 0) is 65.4 Å². The summed E-state index contributed by atoms with van der Waals surface area (Å²) in [7, 11) is -9.94. The van der Waals surface area contributed by atoms with Crippen molar-refractivity contribution >= 4 is 39.5 Å². The van der Waals surface area contributed by atoms with Gasteiger partial charge in [0.15, 0.2) is 12.2 Å². The van der Waals surface area contributed by atoms with Crippen molar-refractivity contribution in [3.8, 4) is 0 Å². The van der Waals surface area contributed by atoms with E-state index in [0.717, 1.165) is 102 Å². The van der Waals surface area contributed by atoms with Crippen LogP contribution >= 0.6 is 15.6 Å². The zero-order valence-electron chi connectivity index (χ0n) is 72.6. The standard InChI is InChI=1S/C91H178O17P2/c1-7-11-13-15-17-19-21-23-24-27-31-39-45-51-57-63-69-75-90(95)107-86(79-101-88(93)73-67-61-55-49-43-35-22-20-18-16-14-12-8-2)81-105-109(97,98)103-77-85(92)78-104-110(99,100)106-82-87(80-102-89(94)74-68-62-56-50-44-38-34-33-37-42-48-54-60-66-72-84(6)10-4)108-91(96)76-70-64-58-52-46-40-32-29-26-25-28-30-36-41-47-53-59-65-71-83(5)9-3/h83-87,92H,7-82H2,1-6H3,(H,97,98)(H,99,100)/t83?,84?,85-,86+,87+/m0/s1. The monoisotopic (exact) mass is 1610 g/mol. The summed E-state index contributed by atoms with van der Waals surface area (Å²) in [4.78, 5) is 73.4. The maximum absolute atomic E-state index is 13.2. The van der Waals surface area contributed by atoms with E-state index < -0.39 is 97.5 Å². The number of aliphatic hydroxyl groups is 1. The number of carbonyl (C=O) groups excluding carboxylic acids is 4. The molecule has 0 amide bonds. The third-order valence-corrected chi connectivity index (χ3v) is 24.1. The molecule has 4 unspecified atom stereocenters. The summed E-state index contributed by atoms with van der Waals surface area (Å²) in [5, 5.41) is 10.7. The summed E-state index contributed by atoms with van der Waals surface area (Å²) < 4.78 is 69.1. The van der Waals surface area contributed by atoms with E-state index in [4.69, 9.17) is 37.0 Å². The molecule has 7 atom stereocenters. The molecule has 0 saturated carbocycles. The second-order valence-corrected chi connectivity index (χ2v) is 36.1.